The standard InChI is InChI=1S/C10H10NO/c11-8-10-5-2-1-4-9(10)6-3-7-12/h1-6H,8,11H2. The quantitative estimate of drug-likeness (QED) is 0.676. The van der Waals surface area contributed by atoms with Gasteiger partial charge in [0, 0.05) is 6.54 Å². The van der Waals surface area contributed by atoms with Gasteiger partial charge in [-0.1, -0.05) is 30.3 Å². The van der Waals surface area contributed by atoms with Crippen LogP contribution in [0, 0.1) is 0 Å². The molecule has 0 spiro atoms. The van der Waals surface area contributed by atoms with Crippen molar-refractivity contribution in [1.82, 2.24) is 0 Å². The van der Waals surface area contributed by atoms with Gasteiger partial charge in [-0.15, -0.1) is 0 Å². The van der Waals surface area contributed by atoms with E-state index in [0.717, 1.165) is 11.1 Å². The minimum Gasteiger partial charge on any atom is -0.326 e. The van der Waals surface area contributed by atoms with Crippen molar-refractivity contribution in [3.63, 3.8) is 0 Å². The first-order valence-corrected chi connectivity index (χ1v) is 3.70. The molecular formula is C10H10NO. The third-order valence-electron chi connectivity index (χ3n) is 1.61. The third-order valence-corrected chi connectivity index (χ3v) is 1.61. The third kappa shape index (κ3) is 2.04. The zero-order chi connectivity index (χ0) is 8.81. The topological polar surface area (TPSA) is 43.1 Å². The van der Waals surface area contributed by atoms with Crippen LogP contribution in [0.4, 0.5) is 0 Å². The second-order valence-corrected chi connectivity index (χ2v) is 2.35. The van der Waals surface area contributed by atoms with Crippen LogP contribution in [-0.2, 0) is 11.3 Å². The second-order valence-electron chi connectivity index (χ2n) is 2.35. The SMILES string of the molecule is NCc1ccccc1C=C[C]=O. The zero-order valence-corrected chi connectivity index (χ0v) is 6.66. The van der Waals surface area contributed by atoms with E-state index in [1.807, 2.05) is 24.3 Å². The van der Waals surface area contributed by atoms with Crippen LogP contribution in [0.5, 0.6) is 0 Å². The predicted molar refractivity (Wildman–Crippen MR) is 49.1 cm³/mol. The van der Waals surface area contributed by atoms with Crippen molar-refractivity contribution in [2.75, 3.05) is 0 Å². The smallest absolute Gasteiger partial charge is 0.225 e. The molecule has 0 atom stereocenters. The fraction of sp³-hybridized carbons (Fsp3) is 0.100. The van der Waals surface area contributed by atoms with E-state index in [4.69, 9.17) is 5.73 Å². The van der Waals surface area contributed by atoms with Gasteiger partial charge in [-0.2, -0.15) is 0 Å². The summed E-state index contributed by atoms with van der Waals surface area (Å²) in [5, 5.41) is 0. The lowest BCUT2D eigenvalue weighted by molar-refractivity contribution is 0.564. The first kappa shape index (κ1) is 8.68. The highest BCUT2D eigenvalue weighted by atomic mass is 16.1. The van der Waals surface area contributed by atoms with Gasteiger partial charge in [0.1, 0.15) is 0 Å². The molecule has 12 heavy (non-hydrogen) atoms. The number of hydrogen-bond donors (Lipinski definition) is 1. The summed E-state index contributed by atoms with van der Waals surface area (Å²) in [5.41, 5.74) is 7.50. The molecule has 1 aromatic carbocycles. The van der Waals surface area contributed by atoms with Crippen LogP contribution >= 0.6 is 0 Å². The average Bonchev–Trinajstić information content (AvgIpc) is 2.15. The minimum atomic E-state index is 0.485. The van der Waals surface area contributed by atoms with Crippen LogP contribution in [0.2, 0.25) is 0 Å². The molecule has 0 saturated heterocycles. The lowest BCUT2D eigenvalue weighted by Crippen LogP contribution is -1.98. The molecule has 2 nitrogen and oxygen atoms in total. The molecule has 2 heteroatoms. The van der Waals surface area contributed by atoms with Crippen molar-refractivity contribution < 1.29 is 4.79 Å². The Morgan fingerprint density at radius 2 is 2.17 bits per heavy atom. The van der Waals surface area contributed by atoms with Crippen LogP contribution in [0.3, 0.4) is 0 Å². The van der Waals surface area contributed by atoms with Crippen LogP contribution in [0.25, 0.3) is 6.08 Å². The Labute approximate surface area is 71.7 Å². The van der Waals surface area contributed by atoms with Gasteiger partial charge in [0.25, 0.3) is 0 Å². The Balaban J connectivity index is 2.96. The van der Waals surface area contributed by atoms with Gasteiger partial charge in [-0.05, 0) is 17.2 Å². The van der Waals surface area contributed by atoms with E-state index in [1.54, 1.807) is 12.4 Å². The molecule has 61 valence electrons. The highest BCUT2D eigenvalue weighted by Gasteiger charge is 1.93. The summed E-state index contributed by atoms with van der Waals surface area (Å²) in [6.45, 7) is 0.485. The Morgan fingerprint density at radius 1 is 1.42 bits per heavy atom. The number of nitrogens with two attached hydrogens (primary N) is 1. The van der Waals surface area contributed by atoms with Gasteiger partial charge >= 0.3 is 0 Å². The highest BCUT2D eigenvalue weighted by Crippen LogP contribution is 2.08. The van der Waals surface area contributed by atoms with E-state index in [9.17, 15) is 4.79 Å². The second kappa shape index (κ2) is 4.46. The van der Waals surface area contributed by atoms with Crippen molar-refractivity contribution in [2.24, 2.45) is 5.73 Å². The lowest BCUT2D eigenvalue weighted by atomic mass is 10.1. The highest BCUT2D eigenvalue weighted by molar-refractivity contribution is 5.75. The van der Waals surface area contributed by atoms with Crippen LogP contribution < -0.4 is 5.73 Å². The van der Waals surface area contributed by atoms with Gasteiger partial charge in [0.05, 0.1) is 0 Å². The summed E-state index contributed by atoms with van der Waals surface area (Å²) in [5.74, 6) is 0. The summed E-state index contributed by atoms with van der Waals surface area (Å²) in [7, 11) is 0. The average molecular weight is 160 g/mol. The van der Waals surface area contributed by atoms with E-state index in [-0.39, 0.29) is 0 Å². The monoisotopic (exact) mass is 160 g/mol. The van der Waals surface area contributed by atoms with Gasteiger partial charge in [-0.3, -0.25) is 4.79 Å². The summed E-state index contributed by atoms with van der Waals surface area (Å²) in [6.07, 6.45) is 4.74. The first-order chi connectivity index (χ1) is 5.88. The van der Waals surface area contributed by atoms with Crippen LogP contribution in [0.15, 0.2) is 30.3 Å². The lowest BCUT2D eigenvalue weighted by Gasteiger charge is -2.00. The fourth-order valence-electron chi connectivity index (χ4n) is 1.01. The number of hydrogen-bond acceptors (Lipinski definition) is 2. The molecule has 0 heterocycles. The molecule has 0 aromatic heterocycles. The van der Waals surface area contributed by atoms with Gasteiger partial charge < -0.3 is 5.73 Å². The van der Waals surface area contributed by atoms with E-state index >= 15 is 0 Å². The van der Waals surface area contributed by atoms with Crippen LogP contribution in [0.1, 0.15) is 11.1 Å². The number of benzene rings is 1. The Hall–Kier alpha value is -1.41. The number of rotatable bonds is 3. The maximum Gasteiger partial charge on any atom is 0.225 e. The predicted octanol–water partition coefficient (Wildman–Crippen LogP) is 1.27. The summed E-state index contributed by atoms with van der Waals surface area (Å²) >= 11 is 0. The van der Waals surface area contributed by atoms with Crippen molar-refractivity contribution in [2.45, 2.75) is 6.54 Å². The molecule has 2 N–H and O–H groups in total. The van der Waals surface area contributed by atoms with E-state index in [0.29, 0.717) is 6.54 Å². The molecule has 0 aliphatic carbocycles. The maximum absolute atomic E-state index is 9.93. The maximum atomic E-state index is 9.93. The summed E-state index contributed by atoms with van der Waals surface area (Å²) in [4.78, 5) is 9.93. The molecule has 0 aliphatic heterocycles. The van der Waals surface area contributed by atoms with Gasteiger partial charge in [0.15, 0.2) is 0 Å². The summed E-state index contributed by atoms with van der Waals surface area (Å²) < 4.78 is 0. The molecule has 0 unspecified atom stereocenters. The molecule has 1 rings (SSSR count). The van der Waals surface area contributed by atoms with Gasteiger partial charge in [0.2, 0.25) is 6.29 Å². The Bertz CT molecular complexity index is 292. The van der Waals surface area contributed by atoms with Gasteiger partial charge in [-0.25, -0.2) is 0 Å². The Morgan fingerprint density at radius 3 is 2.83 bits per heavy atom. The van der Waals surface area contributed by atoms with E-state index < -0.39 is 0 Å². The Kier molecular flexibility index (Phi) is 3.23. The van der Waals surface area contributed by atoms with Crippen LogP contribution in [-0.4, -0.2) is 6.29 Å². The molecule has 0 aliphatic rings. The molecule has 1 aromatic rings. The number of carbonyl (C=O) groups excluding carboxylic acids is 1. The van der Waals surface area contributed by atoms with E-state index in [1.165, 1.54) is 6.08 Å². The molecule has 0 fully saturated rings. The molecule has 1 radical (unpaired) electrons. The zero-order valence-electron chi connectivity index (χ0n) is 6.66. The van der Waals surface area contributed by atoms with Crippen molar-refractivity contribution >= 4 is 12.4 Å². The van der Waals surface area contributed by atoms with E-state index in [2.05, 4.69) is 0 Å². The van der Waals surface area contributed by atoms with Crippen molar-refractivity contribution in [3.8, 4) is 0 Å². The molecular weight excluding hydrogens is 150 g/mol. The normalized spacial score (nSPS) is 10.4. The first-order valence-electron chi connectivity index (χ1n) is 3.70. The van der Waals surface area contributed by atoms with Crippen molar-refractivity contribution in [3.05, 3.63) is 41.5 Å². The molecule has 0 bridgehead atoms. The number of allylic oxidation sites excluding steroid dienone is 1. The molecule has 0 amide bonds. The minimum absolute atomic E-state index is 0.485. The largest absolute Gasteiger partial charge is 0.326 e. The van der Waals surface area contributed by atoms with Crippen molar-refractivity contribution in [1.29, 1.82) is 0 Å². The summed E-state index contributed by atoms with van der Waals surface area (Å²) in [6, 6.07) is 7.67. The molecule has 0 saturated carbocycles. The fourth-order valence-corrected chi connectivity index (χ4v) is 1.01.